The first kappa shape index (κ1) is 6.60. The van der Waals surface area contributed by atoms with Crippen LogP contribution in [-0.4, -0.2) is 16.7 Å². The van der Waals surface area contributed by atoms with E-state index in [-0.39, 0.29) is 5.82 Å². The van der Waals surface area contributed by atoms with E-state index in [1.54, 1.807) is 7.05 Å². The SMILES string of the molecule is CNn1ccc(N)nc1=O. The van der Waals surface area contributed by atoms with Gasteiger partial charge in [0.25, 0.3) is 0 Å². The lowest BCUT2D eigenvalue weighted by Gasteiger charge is -2.00. The van der Waals surface area contributed by atoms with Gasteiger partial charge < -0.3 is 11.2 Å². The predicted molar refractivity (Wildman–Crippen MR) is 38.2 cm³/mol. The molecule has 1 heterocycles. The van der Waals surface area contributed by atoms with E-state index in [2.05, 4.69) is 10.4 Å². The van der Waals surface area contributed by atoms with Gasteiger partial charge in [-0.1, -0.05) is 0 Å². The van der Waals surface area contributed by atoms with E-state index >= 15 is 0 Å². The van der Waals surface area contributed by atoms with Crippen LogP contribution in [-0.2, 0) is 0 Å². The van der Waals surface area contributed by atoms with Gasteiger partial charge in [-0.05, 0) is 6.07 Å². The Morgan fingerprint density at radius 3 is 3.00 bits per heavy atom. The first-order valence-corrected chi connectivity index (χ1v) is 2.77. The molecule has 1 aromatic heterocycles. The molecule has 0 saturated carbocycles. The third-order valence-electron chi connectivity index (χ3n) is 1.07. The van der Waals surface area contributed by atoms with E-state index in [9.17, 15) is 4.79 Å². The number of nitrogens with one attached hydrogen (secondary N) is 1. The maximum atomic E-state index is 10.8. The summed E-state index contributed by atoms with van der Waals surface area (Å²) in [6.07, 6.45) is 1.52. The lowest BCUT2D eigenvalue weighted by molar-refractivity contribution is 0.826. The predicted octanol–water partition coefficient (Wildman–Crippen LogP) is -1.00. The molecule has 3 N–H and O–H groups in total. The lowest BCUT2D eigenvalue weighted by Crippen LogP contribution is -2.28. The molecule has 10 heavy (non-hydrogen) atoms. The molecule has 0 amide bonds. The molecule has 0 aliphatic heterocycles. The molecule has 5 nitrogen and oxygen atoms in total. The molecule has 54 valence electrons. The fraction of sp³-hybridized carbons (Fsp3) is 0.200. The highest BCUT2D eigenvalue weighted by Crippen LogP contribution is 1.85. The molecule has 0 atom stereocenters. The van der Waals surface area contributed by atoms with E-state index in [0.29, 0.717) is 0 Å². The van der Waals surface area contributed by atoms with Crippen molar-refractivity contribution in [3.05, 3.63) is 22.7 Å². The summed E-state index contributed by atoms with van der Waals surface area (Å²) in [7, 11) is 1.62. The molecule has 0 fully saturated rings. The number of aromatic nitrogens is 2. The van der Waals surface area contributed by atoms with Crippen molar-refractivity contribution in [2.75, 3.05) is 18.2 Å². The number of nitrogens with zero attached hydrogens (tertiary/aromatic N) is 2. The Kier molecular flexibility index (Phi) is 1.57. The fourth-order valence-corrected chi connectivity index (χ4v) is 0.586. The van der Waals surface area contributed by atoms with E-state index in [1.807, 2.05) is 0 Å². The van der Waals surface area contributed by atoms with Gasteiger partial charge in [0.05, 0.1) is 0 Å². The number of anilines is 1. The average molecular weight is 140 g/mol. The van der Waals surface area contributed by atoms with Gasteiger partial charge in [-0.3, -0.25) is 0 Å². The van der Waals surface area contributed by atoms with Gasteiger partial charge in [-0.15, -0.1) is 0 Å². The smallest absolute Gasteiger partial charge is 0.367 e. The molecule has 0 bridgehead atoms. The van der Waals surface area contributed by atoms with Crippen molar-refractivity contribution in [3.63, 3.8) is 0 Å². The summed E-state index contributed by atoms with van der Waals surface area (Å²) in [5.41, 5.74) is 7.44. The van der Waals surface area contributed by atoms with Crippen LogP contribution < -0.4 is 16.8 Å². The van der Waals surface area contributed by atoms with Crippen LogP contribution in [0.15, 0.2) is 17.1 Å². The number of rotatable bonds is 1. The molecule has 0 radical (unpaired) electrons. The first-order chi connectivity index (χ1) is 4.74. The minimum atomic E-state index is -0.400. The molecule has 0 aromatic carbocycles. The number of hydrogen-bond acceptors (Lipinski definition) is 4. The number of nitrogen functional groups attached to an aromatic ring is 1. The van der Waals surface area contributed by atoms with Gasteiger partial charge in [0.2, 0.25) is 0 Å². The Labute approximate surface area is 57.5 Å². The van der Waals surface area contributed by atoms with Crippen LogP contribution in [0.25, 0.3) is 0 Å². The molecular weight excluding hydrogens is 132 g/mol. The minimum Gasteiger partial charge on any atom is -0.383 e. The average Bonchev–Trinajstić information content (AvgIpc) is 1.88. The van der Waals surface area contributed by atoms with Crippen LogP contribution in [0.1, 0.15) is 0 Å². The van der Waals surface area contributed by atoms with E-state index in [4.69, 9.17) is 5.73 Å². The second-order valence-electron chi connectivity index (χ2n) is 1.73. The highest BCUT2D eigenvalue weighted by molar-refractivity contribution is 5.23. The van der Waals surface area contributed by atoms with Crippen molar-refractivity contribution in [2.45, 2.75) is 0 Å². The van der Waals surface area contributed by atoms with Gasteiger partial charge in [-0.2, -0.15) is 4.98 Å². The molecule has 1 aromatic rings. The summed E-state index contributed by atoms with van der Waals surface area (Å²) in [5, 5.41) is 0. The van der Waals surface area contributed by atoms with Crippen molar-refractivity contribution in [2.24, 2.45) is 0 Å². The highest BCUT2D eigenvalue weighted by Gasteiger charge is 1.91. The third kappa shape index (κ3) is 1.07. The number of nitrogens with two attached hydrogens (primary N) is 1. The van der Waals surface area contributed by atoms with Crippen molar-refractivity contribution >= 4 is 5.82 Å². The van der Waals surface area contributed by atoms with Crippen LogP contribution in [0, 0.1) is 0 Å². The van der Waals surface area contributed by atoms with Crippen molar-refractivity contribution < 1.29 is 0 Å². The standard InChI is InChI=1S/C5H8N4O/c1-7-9-3-2-4(6)8-5(9)10/h2-3,7H,1H3,(H2,6,8,10). The second-order valence-corrected chi connectivity index (χ2v) is 1.73. The second kappa shape index (κ2) is 2.38. The Hall–Kier alpha value is -1.52. The Bertz CT molecular complexity index is 279. The summed E-state index contributed by atoms with van der Waals surface area (Å²) in [5.74, 6) is 0.233. The topological polar surface area (TPSA) is 72.9 Å². The Morgan fingerprint density at radius 1 is 1.80 bits per heavy atom. The van der Waals surface area contributed by atoms with Crippen molar-refractivity contribution in [1.29, 1.82) is 0 Å². The zero-order valence-electron chi connectivity index (χ0n) is 5.53. The Morgan fingerprint density at radius 2 is 2.50 bits per heavy atom. The molecule has 0 unspecified atom stereocenters. The van der Waals surface area contributed by atoms with E-state index in [0.717, 1.165) is 0 Å². The van der Waals surface area contributed by atoms with Crippen LogP contribution in [0.5, 0.6) is 0 Å². The molecule has 0 aliphatic rings. The summed E-state index contributed by atoms with van der Waals surface area (Å²) in [6.45, 7) is 0. The van der Waals surface area contributed by atoms with Gasteiger partial charge >= 0.3 is 5.69 Å². The monoisotopic (exact) mass is 140 g/mol. The van der Waals surface area contributed by atoms with Crippen LogP contribution in [0.3, 0.4) is 0 Å². The first-order valence-electron chi connectivity index (χ1n) is 2.77. The van der Waals surface area contributed by atoms with Crippen LogP contribution >= 0.6 is 0 Å². The summed E-state index contributed by atoms with van der Waals surface area (Å²) >= 11 is 0. The van der Waals surface area contributed by atoms with Gasteiger partial charge in [0, 0.05) is 13.2 Å². The number of hydrogen-bond donors (Lipinski definition) is 2. The largest absolute Gasteiger partial charge is 0.383 e. The van der Waals surface area contributed by atoms with Crippen molar-refractivity contribution in [1.82, 2.24) is 9.66 Å². The van der Waals surface area contributed by atoms with Crippen LogP contribution in [0.2, 0.25) is 0 Å². The molecular formula is C5H8N4O. The lowest BCUT2D eigenvalue weighted by atomic mass is 10.6. The molecule has 0 spiro atoms. The molecule has 5 heteroatoms. The van der Waals surface area contributed by atoms with Crippen molar-refractivity contribution in [3.8, 4) is 0 Å². The Balaban J connectivity index is 3.20. The van der Waals surface area contributed by atoms with Gasteiger partial charge in [0.1, 0.15) is 5.82 Å². The van der Waals surface area contributed by atoms with E-state index < -0.39 is 5.69 Å². The van der Waals surface area contributed by atoms with Gasteiger partial charge in [-0.25, -0.2) is 9.47 Å². The molecule has 0 aliphatic carbocycles. The normalized spacial score (nSPS) is 9.30. The highest BCUT2D eigenvalue weighted by atomic mass is 16.1. The molecule has 0 saturated heterocycles. The zero-order valence-corrected chi connectivity index (χ0v) is 5.53. The van der Waals surface area contributed by atoms with Crippen LogP contribution in [0.4, 0.5) is 5.82 Å². The fourth-order valence-electron chi connectivity index (χ4n) is 0.586. The quantitative estimate of drug-likeness (QED) is 0.524. The summed E-state index contributed by atoms with van der Waals surface area (Å²) in [6, 6.07) is 1.54. The zero-order chi connectivity index (χ0) is 7.56. The maximum absolute atomic E-state index is 10.8. The van der Waals surface area contributed by atoms with E-state index in [1.165, 1.54) is 16.9 Å². The van der Waals surface area contributed by atoms with Gasteiger partial charge in [0.15, 0.2) is 0 Å². The summed E-state index contributed by atoms with van der Waals surface area (Å²) in [4.78, 5) is 14.2. The molecule has 1 rings (SSSR count). The summed E-state index contributed by atoms with van der Waals surface area (Å²) < 4.78 is 1.23. The maximum Gasteiger partial charge on any atom is 0.367 e. The third-order valence-corrected chi connectivity index (χ3v) is 1.07. The minimum absolute atomic E-state index is 0.233.